The summed E-state index contributed by atoms with van der Waals surface area (Å²) in [4.78, 5) is 2.42. The largest absolute Gasteiger partial charge is 0.328 e. The van der Waals surface area contributed by atoms with E-state index in [1.165, 1.54) is 0 Å². The summed E-state index contributed by atoms with van der Waals surface area (Å²) in [7, 11) is 1.95. The van der Waals surface area contributed by atoms with Crippen LogP contribution in [0.4, 0.5) is 0 Å². The first-order valence-corrected chi connectivity index (χ1v) is 5.20. The molecule has 4 heteroatoms. The molecular weight excluding hydrogens is 176 g/mol. The van der Waals surface area contributed by atoms with Crippen LogP contribution in [0.1, 0.15) is 18.5 Å². The van der Waals surface area contributed by atoms with Crippen LogP contribution in [0.3, 0.4) is 0 Å². The Morgan fingerprint density at radius 3 is 2.79 bits per heavy atom. The van der Waals surface area contributed by atoms with Gasteiger partial charge in [-0.3, -0.25) is 9.58 Å². The third kappa shape index (κ3) is 2.33. The number of likely N-dealkylation sites (tertiary alicyclic amines) is 1. The van der Waals surface area contributed by atoms with E-state index < -0.39 is 0 Å². The second-order valence-corrected chi connectivity index (χ2v) is 4.09. The monoisotopic (exact) mass is 194 g/mol. The second-order valence-electron chi connectivity index (χ2n) is 4.09. The van der Waals surface area contributed by atoms with Crippen LogP contribution in [-0.2, 0) is 13.6 Å². The average Bonchev–Trinajstić information content (AvgIpc) is 2.56. The third-order valence-corrected chi connectivity index (χ3v) is 2.79. The summed E-state index contributed by atoms with van der Waals surface area (Å²) in [5, 5.41) is 4.37. The van der Waals surface area contributed by atoms with Crippen molar-refractivity contribution < 1.29 is 0 Å². The highest BCUT2D eigenvalue weighted by molar-refractivity contribution is 4.98. The number of hydrogen-bond donors (Lipinski definition) is 1. The van der Waals surface area contributed by atoms with E-state index in [4.69, 9.17) is 5.73 Å². The Balaban J connectivity index is 1.86. The molecule has 2 heterocycles. The van der Waals surface area contributed by atoms with Gasteiger partial charge in [-0.05, 0) is 18.9 Å². The Bertz CT molecular complexity index is 286. The number of nitrogens with two attached hydrogens (primary N) is 1. The van der Waals surface area contributed by atoms with Crippen LogP contribution >= 0.6 is 0 Å². The minimum absolute atomic E-state index is 0.412. The maximum Gasteiger partial charge on any atom is 0.0764 e. The molecule has 0 spiro atoms. The molecule has 0 saturated carbocycles. The quantitative estimate of drug-likeness (QED) is 0.738. The number of piperidine rings is 1. The van der Waals surface area contributed by atoms with Gasteiger partial charge in [0.25, 0.3) is 0 Å². The van der Waals surface area contributed by atoms with E-state index in [1.807, 2.05) is 17.9 Å². The average molecular weight is 194 g/mol. The van der Waals surface area contributed by atoms with Gasteiger partial charge in [-0.15, -0.1) is 0 Å². The highest BCUT2D eigenvalue weighted by Crippen LogP contribution is 2.10. The fourth-order valence-corrected chi connectivity index (χ4v) is 1.89. The molecule has 2 rings (SSSR count). The van der Waals surface area contributed by atoms with E-state index >= 15 is 0 Å². The van der Waals surface area contributed by atoms with Gasteiger partial charge in [-0.1, -0.05) is 0 Å². The molecular formula is C10H18N4. The molecule has 14 heavy (non-hydrogen) atoms. The van der Waals surface area contributed by atoms with E-state index in [9.17, 15) is 0 Å². The lowest BCUT2D eigenvalue weighted by Crippen LogP contribution is -2.39. The summed E-state index contributed by atoms with van der Waals surface area (Å²) in [6.07, 6.45) is 4.23. The van der Waals surface area contributed by atoms with Gasteiger partial charge >= 0.3 is 0 Å². The molecule has 1 saturated heterocycles. The topological polar surface area (TPSA) is 47.1 Å². The molecule has 0 radical (unpaired) electrons. The third-order valence-electron chi connectivity index (χ3n) is 2.79. The number of nitrogens with zero attached hydrogens (tertiary/aromatic N) is 3. The minimum atomic E-state index is 0.412. The van der Waals surface area contributed by atoms with E-state index in [0.717, 1.165) is 38.2 Å². The highest BCUT2D eigenvalue weighted by atomic mass is 15.3. The highest BCUT2D eigenvalue weighted by Gasteiger charge is 2.16. The molecule has 0 atom stereocenters. The summed E-state index contributed by atoms with van der Waals surface area (Å²) < 4.78 is 1.85. The van der Waals surface area contributed by atoms with Crippen molar-refractivity contribution in [3.63, 3.8) is 0 Å². The number of aromatic nitrogens is 2. The lowest BCUT2D eigenvalue weighted by Gasteiger charge is -2.29. The van der Waals surface area contributed by atoms with Gasteiger partial charge in [0.2, 0.25) is 0 Å². The van der Waals surface area contributed by atoms with Crippen molar-refractivity contribution in [2.45, 2.75) is 25.4 Å². The van der Waals surface area contributed by atoms with Crippen LogP contribution < -0.4 is 5.73 Å². The molecule has 1 fully saturated rings. The molecule has 0 amide bonds. The maximum atomic E-state index is 5.85. The second kappa shape index (κ2) is 4.11. The van der Waals surface area contributed by atoms with Crippen molar-refractivity contribution in [3.8, 4) is 0 Å². The smallest absolute Gasteiger partial charge is 0.0764 e. The van der Waals surface area contributed by atoms with Crippen molar-refractivity contribution >= 4 is 0 Å². The van der Waals surface area contributed by atoms with Crippen LogP contribution in [0.15, 0.2) is 12.3 Å². The van der Waals surface area contributed by atoms with Crippen LogP contribution in [0.5, 0.6) is 0 Å². The van der Waals surface area contributed by atoms with Crippen molar-refractivity contribution in [2.24, 2.45) is 12.8 Å². The molecule has 2 N–H and O–H groups in total. The van der Waals surface area contributed by atoms with Crippen molar-refractivity contribution in [1.82, 2.24) is 14.7 Å². The van der Waals surface area contributed by atoms with E-state index in [0.29, 0.717) is 6.04 Å². The molecule has 0 unspecified atom stereocenters. The summed E-state index contributed by atoms with van der Waals surface area (Å²) in [5.74, 6) is 0. The lowest BCUT2D eigenvalue weighted by molar-refractivity contribution is 0.203. The standard InChI is InChI=1S/C10H18N4/c1-13-5-4-10(12-13)8-14-6-2-9(11)3-7-14/h4-5,9H,2-3,6-8,11H2,1H3. The first kappa shape index (κ1) is 9.68. The zero-order chi connectivity index (χ0) is 9.97. The maximum absolute atomic E-state index is 5.85. The van der Waals surface area contributed by atoms with Gasteiger partial charge in [0, 0.05) is 38.9 Å². The normalized spacial score (nSPS) is 20.1. The van der Waals surface area contributed by atoms with Gasteiger partial charge in [0.15, 0.2) is 0 Å². The minimum Gasteiger partial charge on any atom is -0.328 e. The zero-order valence-corrected chi connectivity index (χ0v) is 8.69. The fraction of sp³-hybridized carbons (Fsp3) is 0.700. The Hall–Kier alpha value is -0.870. The fourth-order valence-electron chi connectivity index (χ4n) is 1.89. The zero-order valence-electron chi connectivity index (χ0n) is 8.69. The van der Waals surface area contributed by atoms with Crippen LogP contribution in [0.2, 0.25) is 0 Å². The number of aryl methyl sites for hydroxylation is 1. The van der Waals surface area contributed by atoms with Gasteiger partial charge in [0.1, 0.15) is 0 Å². The van der Waals surface area contributed by atoms with Crippen molar-refractivity contribution in [2.75, 3.05) is 13.1 Å². The summed E-state index contributed by atoms with van der Waals surface area (Å²) in [5.41, 5.74) is 7.00. The summed E-state index contributed by atoms with van der Waals surface area (Å²) >= 11 is 0. The predicted molar refractivity (Wildman–Crippen MR) is 55.7 cm³/mol. The van der Waals surface area contributed by atoms with Crippen LogP contribution in [0.25, 0.3) is 0 Å². The first-order chi connectivity index (χ1) is 6.74. The molecule has 1 aromatic heterocycles. The molecule has 1 aliphatic heterocycles. The number of rotatable bonds is 2. The molecule has 1 aliphatic rings. The van der Waals surface area contributed by atoms with Gasteiger partial charge in [0.05, 0.1) is 5.69 Å². The van der Waals surface area contributed by atoms with E-state index in [1.54, 1.807) is 0 Å². The number of hydrogen-bond acceptors (Lipinski definition) is 3. The SMILES string of the molecule is Cn1ccc(CN2CCC(N)CC2)n1. The van der Waals surface area contributed by atoms with E-state index in [-0.39, 0.29) is 0 Å². The summed E-state index contributed by atoms with van der Waals surface area (Å²) in [6.45, 7) is 3.18. The Morgan fingerprint density at radius 1 is 1.50 bits per heavy atom. The molecule has 0 aliphatic carbocycles. The predicted octanol–water partition coefficient (Wildman–Crippen LogP) is 0.343. The van der Waals surface area contributed by atoms with Gasteiger partial charge < -0.3 is 5.73 Å². The lowest BCUT2D eigenvalue weighted by atomic mass is 10.1. The first-order valence-electron chi connectivity index (χ1n) is 5.20. The molecule has 0 aromatic carbocycles. The van der Waals surface area contributed by atoms with Crippen molar-refractivity contribution in [1.29, 1.82) is 0 Å². The van der Waals surface area contributed by atoms with Crippen LogP contribution in [0, 0.1) is 0 Å². The Morgan fingerprint density at radius 2 is 2.21 bits per heavy atom. The van der Waals surface area contributed by atoms with Gasteiger partial charge in [-0.25, -0.2) is 0 Å². The Kier molecular flexibility index (Phi) is 2.84. The molecule has 1 aromatic rings. The molecule has 0 bridgehead atoms. The van der Waals surface area contributed by atoms with E-state index in [2.05, 4.69) is 16.1 Å². The van der Waals surface area contributed by atoms with Crippen molar-refractivity contribution in [3.05, 3.63) is 18.0 Å². The van der Waals surface area contributed by atoms with Crippen LogP contribution in [-0.4, -0.2) is 33.8 Å². The van der Waals surface area contributed by atoms with Gasteiger partial charge in [-0.2, -0.15) is 5.10 Å². The molecule has 4 nitrogen and oxygen atoms in total. The molecule has 78 valence electrons. The Labute approximate surface area is 84.7 Å². The summed E-state index contributed by atoms with van der Waals surface area (Å²) in [6, 6.07) is 2.49.